The van der Waals surface area contributed by atoms with Gasteiger partial charge in [-0.15, -0.1) is 0 Å². The van der Waals surface area contributed by atoms with Gasteiger partial charge in [-0.05, 0) is 50.0 Å². The lowest BCUT2D eigenvalue weighted by Gasteiger charge is -2.39. The predicted octanol–water partition coefficient (Wildman–Crippen LogP) is 5.49. The van der Waals surface area contributed by atoms with Gasteiger partial charge in [-0.25, -0.2) is 0 Å². The molecule has 0 saturated heterocycles. The fourth-order valence-electron chi connectivity index (χ4n) is 5.63. The Balaban J connectivity index is 0.000000162. The first kappa shape index (κ1) is 29.3. The highest BCUT2D eigenvalue weighted by Crippen LogP contribution is 2.49. The van der Waals surface area contributed by atoms with Crippen molar-refractivity contribution in [3.8, 4) is 40.2 Å². The summed E-state index contributed by atoms with van der Waals surface area (Å²) in [5, 5.41) is 21.6. The standard InChI is InChI=1S/C19H18O6.C15H16O4/c1-21-12-5-4-11-6-14-13-8-17(22-2)18(23-3)9-16(13)24-10-19(14,20)25-15(11)7-12;1-8-3-4-10-12(18-7-8)6-13-14(15(10)17)11(16)5-9(2)19-13/h4-9,20H,10H2,1-3H3;5-6,8,17H,3-4,7H2,1-2H3. The Morgan fingerprint density at radius 3 is 2.45 bits per heavy atom. The second-order valence-corrected chi connectivity index (χ2v) is 11.1. The minimum Gasteiger partial charge on any atom is -0.507 e. The number of rotatable bonds is 3. The molecule has 10 heteroatoms. The number of phenolic OH excluding ortho intramolecular Hbond substituents is 1. The Hall–Kier alpha value is -4.83. The van der Waals surface area contributed by atoms with Crippen LogP contribution < -0.4 is 33.8 Å². The molecule has 0 bridgehead atoms. The Bertz CT molecular complexity index is 1840. The molecule has 230 valence electrons. The molecule has 2 unspecified atom stereocenters. The molecule has 0 aliphatic carbocycles. The fourth-order valence-corrected chi connectivity index (χ4v) is 5.63. The Kier molecular flexibility index (Phi) is 7.54. The van der Waals surface area contributed by atoms with Gasteiger partial charge in [0.2, 0.25) is 0 Å². The van der Waals surface area contributed by atoms with Crippen LogP contribution >= 0.6 is 0 Å². The normalized spacial score (nSPS) is 19.5. The van der Waals surface area contributed by atoms with Gasteiger partial charge >= 0.3 is 0 Å². The molecule has 10 nitrogen and oxygen atoms in total. The second-order valence-electron chi connectivity index (χ2n) is 11.1. The zero-order valence-corrected chi connectivity index (χ0v) is 25.2. The molecule has 44 heavy (non-hydrogen) atoms. The van der Waals surface area contributed by atoms with E-state index in [9.17, 15) is 15.0 Å². The topological polar surface area (TPSA) is 126 Å². The Labute approximate surface area is 254 Å². The van der Waals surface area contributed by atoms with Crippen LogP contribution in [0.15, 0.2) is 51.7 Å². The first-order valence-electron chi connectivity index (χ1n) is 14.3. The number of benzene rings is 3. The summed E-state index contributed by atoms with van der Waals surface area (Å²) in [6.07, 6.45) is 3.54. The predicted molar refractivity (Wildman–Crippen MR) is 163 cm³/mol. The lowest BCUT2D eigenvalue weighted by Crippen LogP contribution is -2.47. The summed E-state index contributed by atoms with van der Waals surface area (Å²) in [6, 6.07) is 12.1. The Morgan fingerprint density at radius 2 is 1.70 bits per heavy atom. The first-order chi connectivity index (χ1) is 21.1. The molecule has 4 heterocycles. The van der Waals surface area contributed by atoms with Crippen LogP contribution in [0.25, 0.3) is 22.6 Å². The van der Waals surface area contributed by atoms with Crippen molar-refractivity contribution in [2.24, 2.45) is 5.92 Å². The molecule has 2 N–H and O–H groups in total. The number of aliphatic hydroxyl groups is 1. The zero-order valence-electron chi connectivity index (χ0n) is 25.2. The van der Waals surface area contributed by atoms with E-state index in [2.05, 4.69) is 6.92 Å². The number of phenols is 1. The number of ether oxygens (including phenoxy) is 6. The molecule has 4 aromatic rings. The molecule has 0 spiro atoms. The number of hydrogen-bond acceptors (Lipinski definition) is 10. The van der Waals surface area contributed by atoms with Crippen LogP contribution in [0.2, 0.25) is 0 Å². The van der Waals surface area contributed by atoms with Crippen LogP contribution in [0.1, 0.15) is 35.8 Å². The van der Waals surface area contributed by atoms with E-state index in [4.69, 9.17) is 32.8 Å². The number of fused-ring (bicyclic) bond motifs is 6. The minimum atomic E-state index is -1.58. The van der Waals surface area contributed by atoms with Crippen LogP contribution in [0.3, 0.4) is 0 Å². The lowest BCUT2D eigenvalue weighted by molar-refractivity contribution is -0.116. The van der Waals surface area contributed by atoms with Gasteiger partial charge in [0, 0.05) is 46.5 Å². The van der Waals surface area contributed by atoms with Crippen molar-refractivity contribution in [2.45, 2.75) is 32.5 Å². The van der Waals surface area contributed by atoms with Crippen molar-refractivity contribution >= 4 is 22.6 Å². The van der Waals surface area contributed by atoms with E-state index in [1.807, 2.05) is 18.2 Å². The monoisotopic (exact) mass is 602 g/mol. The molecule has 0 saturated carbocycles. The van der Waals surface area contributed by atoms with E-state index < -0.39 is 5.79 Å². The average Bonchev–Trinajstić information content (AvgIpc) is 3.20. The highest BCUT2D eigenvalue weighted by atomic mass is 16.7. The molecule has 3 aromatic carbocycles. The van der Waals surface area contributed by atoms with Crippen molar-refractivity contribution in [1.82, 2.24) is 0 Å². The molecule has 7 rings (SSSR count). The van der Waals surface area contributed by atoms with Gasteiger partial charge in [-0.2, -0.15) is 0 Å². The van der Waals surface area contributed by atoms with E-state index in [1.165, 1.54) is 6.07 Å². The summed E-state index contributed by atoms with van der Waals surface area (Å²) in [6.45, 7) is 4.41. The first-order valence-corrected chi connectivity index (χ1v) is 14.3. The van der Waals surface area contributed by atoms with E-state index >= 15 is 0 Å². The van der Waals surface area contributed by atoms with Gasteiger partial charge in [-0.1, -0.05) is 6.92 Å². The molecule has 3 aliphatic heterocycles. The zero-order chi connectivity index (χ0) is 31.2. The molecule has 0 amide bonds. The maximum Gasteiger partial charge on any atom is 0.270 e. The summed E-state index contributed by atoms with van der Waals surface area (Å²) >= 11 is 0. The molecule has 2 atom stereocenters. The third kappa shape index (κ3) is 5.15. The number of aromatic hydroxyl groups is 1. The average molecular weight is 603 g/mol. The van der Waals surface area contributed by atoms with Crippen LogP contribution in [-0.4, -0.2) is 50.5 Å². The smallest absolute Gasteiger partial charge is 0.270 e. The minimum absolute atomic E-state index is 0.00958. The lowest BCUT2D eigenvalue weighted by atomic mass is 9.90. The van der Waals surface area contributed by atoms with Crippen LogP contribution in [0.4, 0.5) is 0 Å². The number of aryl methyl sites for hydroxylation is 1. The van der Waals surface area contributed by atoms with Gasteiger partial charge in [0.25, 0.3) is 5.79 Å². The van der Waals surface area contributed by atoms with Crippen molar-refractivity contribution in [3.63, 3.8) is 0 Å². The summed E-state index contributed by atoms with van der Waals surface area (Å²) in [7, 11) is 4.71. The maximum absolute atomic E-state index is 12.0. The van der Waals surface area contributed by atoms with Gasteiger partial charge in [0.15, 0.2) is 23.5 Å². The fraction of sp³-hybridized carbons (Fsp3) is 0.324. The van der Waals surface area contributed by atoms with Crippen LogP contribution in [0, 0.1) is 12.8 Å². The summed E-state index contributed by atoms with van der Waals surface area (Å²) in [5.41, 5.74) is 3.06. The molecular weight excluding hydrogens is 568 g/mol. The summed E-state index contributed by atoms with van der Waals surface area (Å²) in [5.74, 6) is 2.93. The third-order valence-corrected chi connectivity index (χ3v) is 8.01. The van der Waals surface area contributed by atoms with E-state index in [-0.39, 0.29) is 23.2 Å². The Morgan fingerprint density at radius 1 is 0.932 bits per heavy atom. The largest absolute Gasteiger partial charge is 0.507 e. The molecular formula is C34H34O10. The SMILES string of the molecule is COc1ccc2c(c1)OC1(O)COc3cc(OC)c(OC)cc3C1=C2.Cc1cc(=O)c2c(O)c3c(cc2o1)OCC(C)CC3. The van der Waals surface area contributed by atoms with Crippen molar-refractivity contribution in [1.29, 1.82) is 0 Å². The van der Waals surface area contributed by atoms with Crippen molar-refractivity contribution < 1.29 is 43.1 Å². The van der Waals surface area contributed by atoms with E-state index in [1.54, 1.807) is 52.5 Å². The van der Waals surface area contributed by atoms with Crippen molar-refractivity contribution in [2.75, 3.05) is 34.5 Å². The van der Waals surface area contributed by atoms with Gasteiger partial charge in [0.1, 0.15) is 45.5 Å². The quantitative estimate of drug-likeness (QED) is 0.311. The van der Waals surface area contributed by atoms with Crippen molar-refractivity contribution in [3.05, 3.63) is 75.1 Å². The summed E-state index contributed by atoms with van der Waals surface area (Å²) < 4.78 is 38.7. The third-order valence-electron chi connectivity index (χ3n) is 8.01. The molecule has 3 aliphatic rings. The number of methoxy groups -OCH3 is 3. The van der Waals surface area contributed by atoms with Gasteiger partial charge < -0.3 is 43.1 Å². The number of hydrogen-bond donors (Lipinski definition) is 2. The molecule has 0 radical (unpaired) electrons. The highest BCUT2D eigenvalue weighted by Gasteiger charge is 2.44. The van der Waals surface area contributed by atoms with Crippen LogP contribution in [0.5, 0.6) is 40.2 Å². The highest BCUT2D eigenvalue weighted by molar-refractivity contribution is 5.92. The van der Waals surface area contributed by atoms with Gasteiger partial charge in [-0.3, -0.25) is 4.79 Å². The summed E-state index contributed by atoms with van der Waals surface area (Å²) in [4.78, 5) is 12.0. The van der Waals surface area contributed by atoms with Gasteiger partial charge in [0.05, 0.1) is 27.9 Å². The maximum atomic E-state index is 12.0. The molecule has 0 fully saturated rings. The van der Waals surface area contributed by atoms with Crippen LogP contribution in [-0.2, 0) is 6.42 Å². The van der Waals surface area contributed by atoms with E-state index in [0.29, 0.717) is 81.5 Å². The second kappa shape index (κ2) is 11.3. The molecule has 1 aromatic heterocycles. The van der Waals surface area contributed by atoms with E-state index in [0.717, 1.165) is 12.0 Å².